The molecule has 23 heavy (non-hydrogen) atoms. The molecule has 0 aliphatic carbocycles. The number of amides is 1. The highest BCUT2D eigenvalue weighted by Crippen LogP contribution is 2.24. The van der Waals surface area contributed by atoms with E-state index in [0.717, 1.165) is 22.0 Å². The number of carbonyl (C=O) groups excluding carboxylic acids is 1. The predicted molar refractivity (Wildman–Crippen MR) is 93.6 cm³/mol. The summed E-state index contributed by atoms with van der Waals surface area (Å²) < 4.78 is 0. The standard InChI is InChI=1S/C18H17N3OS/c1-12-5-3-7-14(9-12)18-20-15(11-23-18)10-17(22)21-16-8-4-6-13(2)19-16/h3-9,11H,10H2,1-2H3,(H,19,21,22). The molecule has 0 aliphatic heterocycles. The van der Waals surface area contributed by atoms with Crippen LogP contribution < -0.4 is 5.32 Å². The molecular formula is C18H17N3OS. The van der Waals surface area contributed by atoms with Crippen molar-refractivity contribution in [1.82, 2.24) is 9.97 Å². The summed E-state index contributed by atoms with van der Waals surface area (Å²) in [5.41, 5.74) is 3.93. The van der Waals surface area contributed by atoms with Crippen molar-refractivity contribution in [3.05, 3.63) is 64.8 Å². The van der Waals surface area contributed by atoms with Crippen LogP contribution in [0.5, 0.6) is 0 Å². The van der Waals surface area contributed by atoms with Crippen LogP contribution in [0.4, 0.5) is 5.82 Å². The van der Waals surface area contributed by atoms with Gasteiger partial charge in [0.25, 0.3) is 0 Å². The van der Waals surface area contributed by atoms with Crippen LogP contribution in [0.1, 0.15) is 17.0 Å². The number of benzene rings is 1. The molecule has 0 radical (unpaired) electrons. The van der Waals surface area contributed by atoms with Crippen molar-refractivity contribution < 1.29 is 4.79 Å². The van der Waals surface area contributed by atoms with Crippen LogP contribution >= 0.6 is 11.3 Å². The van der Waals surface area contributed by atoms with E-state index in [9.17, 15) is 4.79 Å². The number of hydrogen-bond acceptors (Lipinski definition) is 4. The number of hydrogen-bond donors (Lipinski definition) is 1. The van der Waals surface area contributed by atoms with Gasteiger partial charge in [0.15, 0.2) is 0 Å². The second-order valence-electron chi connectivity index (χ2n) is 5.40. The third kappa shape index (κ3) is 4.02. The van der Waals surface area contributed by atoms with Gasteiger partial charge < -0.3 is 5.32 Å². The Labute approximate surface area is 139 Å². The van der Waals surface area contributed by atoms with Gasteiger partial charge in [-0.3, -0.25) is 4.79 Å². The van der Waals surface area contributed by atoms with Crippen molar-refractivity contribution in [1.29, 1.82) is 0 Å². The number of carbonyl (C=O) groups is 1. The average Bonchev–Trinajstić information content (AvgIpc) is 2.95. The summed E-state index contributed by atoms with van der Waals surface area (Å²) in [6.45, 7) is 3.95. The molecule has 0 saturated carbocycles. The molecule has 1 aromatic carbocycles. The molecule has 3 aromatic rings. The summed E-state index contributed by atoms with van der Waals surface area (Å²) in [5, 5.41) is 5.67. The van der Waals surface area contributed by atoms with E-state index in [1.165, 1.54) is 5.56 Å². The highest BCUT2D eigenvalue weighted by atomic mass is 32.1. The van der Waals surface area contributed by atoms with Crippen molar-refractivity contribution in [3.63, 3.8) is 0 Å². The molecular weight excluding hydrogens is 306 g/mol. The Morgan fingerprint density at radius 2 is 1.96 bits per heavy atom. The van der Waals surface area contributed by atoms with E-state index < -0.39 is 0 Å². The quantitative estimate of drug-likeness (QED) is 0.789. The Balaban J connectivity index is 1.68. The molecule has 0 fully saturated rings. The smallest absolute Gasteiger partial charge is 0.231 e. The zero-order valence-electron chi connectivity index (χ0n) is 13.0. The van der Waals surface area contributed by atoms with Gasteiger partial charge in [0.1, 0.15) is 10.8 Å². The summed E-state index contributed by atoms with van der Waals surface area (Å²) in [6, 6.07) is 13.7. The summed E-state index contributed by atoms with van der Waals surface area (Å²) in [4.78, 5) is 20.9. The van der Waals surface area contributed by atoms with Crippen molar-refractivity contribution in [3.8, 4) is 10.6 Å². The molecule has 1 amide bonds. The third-order valence-corrected chi connectivity index (χ3v) is 4.25. The first-order valence-corrected chi connectivity index (χ1v) is 8.23. The van der Waals surface area contributed by atoms with Crippen LogP contribution in [-0.4, -0.2) is 15.9 Å². The van der Waals surface area contributed by atoms with E-state index >= 15 is 0 Å². The molecule has 2 aromatic heterocycles. The highest BCUT2D eigenvalue weighted by Gasteiger charge is 2.10. The zero-order chi connectivity index (χ0) is 16.2. The average molecular weight is 323 g/mol. The first kappa shape index (κ1) is 15.4. The molecule has 5 heteroatoms. The minimum atomic E-state index is -0.107. The van der Waals surface area contributed by atoms with Gasteiger partial charge in [0.2, 0.25) is 5.91 Å². The Morgan fingerprint density at radius 1 is 1.13 bits per heavy atom. The molecule has 0 atom stereocenters. The number of nitrogens with one attached hydrogen (secondary N) is 1. The Morgan fingerprint density at radius 3 is 2.74 bits per heavy atom. The van der Waals surface area contributed by atoms with E-state index in [-0.39, 0.29) is 12.3 Å². The monoisotopic (exact) mass is 323 g/mol. The second kappa shape index (κ2) is 6.71. The van der Waals surface area contributed by atoms with Crippen molar-refractivity contribution in [2.45, 2.75) is 20.3 Å². The third-order valence-electron chi connectivity index (χ3n) is 3.31. The fourth-order valence-electron chi connectivity index (χ4n) is 2.26. The molecule has 1 N–H and O–H groups in total. The van der Waals surface area contributed by atoms with Crippen LogP contribution in [-0.2, 0) is 11.2 Å². The fourth-order valence-corrected chi connectivity index (χ4v) is 3.08. The lowest BCUT2D eigenvalue weighted by atomic mass is 10.1. The molecule has 0 bridgehead atoms. The fraction of sp³-hybridized carbons (Fsp3) is 0.167. The van der Waals surface area contributed by atoms with Crippen molar-refractivity contribution in [2.24, 2.45) is 0 Å². The molecule has 0 unspecified atom stereocenters. The summed E-state index contributed by atoms with van der Waals surface area (Å²) in [5.74, 6) is 0.466. The number of aromatic nitrogens is 2. The van der Waals surface area contributed by atoms with Gasteiger partial charge >= 0.3 is 0 Å². The van der Waals surface area contributed by atoms with E-state index in [1.54, 1.807) is 17.4 Å². The molecule has 0 saturated heterocycles. The molecule has 116 valence electrons. The lowest BCUT2D eigenvalue weighted by molar-refractivity contribution is -0.115. The SMILES string of the molecule is Cc1cccc(-c2nc(CC(=O)Nc3cccc(C)n3)cs2)c1. The topological polar surface area (TPSA) is 54.9 Å². The minimum absolute atomic E-state index is 0.107. The normalized spacial score (nSPS) is 10.5. The largest absolute Gasteiger partial charge is 0.310 e. The van der Waals surface area contributed by atoms with Crippen LogP contribution in [0, 0.1) is 13.8 Å². The van der Waals surface area contributed by atoms with Crippen LogP contribution in [0.3, 0.4) is 0 Å². The number of rotatable bonds is 4. The number of nitrogens with zero attached hydrogens (tertiary/aromatic N) is 2. The molecule has 0 aliphatic rings. The summed E-state index contributed by atoms with van der Waals surface area (Å²) in [6.07, 6.45) is 0.248. The molecule has 0 spiro atoms. The first-order valence-electron chi connectivity index (χ1n) is 7.35. The maximum Gasteiger partial charge on any atom is 0.231 e. The lowest BCUT2D eigenvalue weighted by Gasteiger charge is -2.03. The van der Waals surface area contributed by atoms with E-state index in [4.69, 9.17) is 0 Å². The van der Waals surface area contributed by atoms with E-state index in [0.29, 0.717) is 5.82 Å². The number of thiazole rings is 1. The zero-order valence-corrected chi connectivity index (χ0v) is 13.9. The summed E-state index contributed by atoms with van der Waals surface area (Å²) in [7, 11) is 0. The van der Waals surface area contributed by atoms with Gasteiger partial charge in [-0.2, -0.15) is 0 Å². The molecule has 2 heterocycles. The number of aryl methyl sites for hydroxylation is 2. The van der Waals surface area contributed by atoms with Crippen molar-refractivity contribution in [2.75, 3.05) is 5.32 Å². The Bertz CT molecular complexity index is 842. The van der Waals surface area contributed by atoms with Gasteiger partial charge in [0, 0.05) is 16.6 Å². The number of pyridine rings is 1. The second-order valence-corrected chi connectivity index (χ2v) is 6.26. The highest BCUT2D eigenvalue weighted by molar-refractivity contribution is 7.13. The number of anilines is 1. The minimum Gasteiger partial charge on any atom is -0.310 e. The maximum absolute atomic E-state index is 12.1. The van der Waals surface area contributed by atoms with Gasteiger partial charge in [-0.05, 0) is 32.0 Å². The van der Waals surface area contributed by atoms with Gasteiger partial charge in [-0.25, -0.2) is 9.97 Å². The van der Waals surface area contributed by atoms with Gasteiger partial charge in [0.05, 0.1) is 12.1 Å². The predicted octanol–water partition coefficient (Wildman–Crippen LogP) is 4.00. The first-order chi connectivity index (χ1) is 11.1. The summed E-state index contributed by atoms with van der Waals surface area (Å²) >= 11 is 1.56. The van der Waals surface area contributed by atoms with Gasteiger partial charge in [-0.15, -0.1) is 11.3 Å². The van der Waals surface area contributed by atoms with Crippen LogP contribution in [0.25, 0.3) is 10.6 Å². The Kier molecular flexibility index (Phi) is 4.48. The van der Waals surface area contributed by atoms with Crippen LogP contribution in [0.2, 0.25) is 0 Å². The lowest BCUT2D eigenvalue weighted by Crippen LogP contribution is -2.15. The van der Waals surface area contributed by atoms with E-state index in [2.05, 4.69) is 34.3 Å². The Hall–Kier alpha value is -2.53. The van der Waals surface area contributed by atoms with Gasteiger partial charge in [-0.1, -0.05) is 29.8 Å². The maximum atomic E-state index is 12.1. The molecule has 3 rings (SSSR count). The van der Waals surface area contributed by atoms with Crippen LogP contribution in [0.15, 0.2) is 47.8 Å². The molecule has 4 nitrogen and oxygen atoms in total. The van der Waals surface area contributed by atoms with E-state index in [1.807, 2.05) is 36.6 Å². The van der Waals surface area contributed by atoms with Crippen molar-refractivity contribution >= 4 is 23.1 Å².